The zero-order valence-corrected chi connectivity index (χ0v) is 10.9. The SMILES string of the molecule is CC(C)COc1ccc(C[C@H](N)CC(=O)O)cc1. The third-order valence-corrected chi connectivity index (χ3v) is 2.44. The second-order valence-corrected chi connectivity index (χ2v) is 4.91. The molecule has 100 valence electrons. The summed E-state index contributed by atoms with van der Waals surface area (Å²) in [5.74, 6) is 0.465. The summed E-state index contributed by atoms with van der Waals surface area (Å²) in [6.07, 6.45) is 0.558. The Morgan fingerprint density at radius 1 is 1.33 bits per heavy atom. The topological polar surface area (TPSA) is 72.5 Å². The average molecular weight is 251 g/mol. The molecular weight excluding hydrogens is 230 g/mol. The Morgan fingerprint density at radius 3 is 2.44 bits per heavy atom. The molecule has 0 aliphatic rings. The van der Waals surface area contributed by atoms with Crippen LogP contribution < -0.4 is 10.5 Å². The number of hydrogen-bond acceptors (Lipinski definition) is 3. The predicted molar refractivity (Wildman–Crippen MR) is 70.7 cm³/mol. The summed E-state index contributed by atoms with van der Waals surface area (Å²) < 4.78 is 5.57. The molecule has 0 spiro atoms. The molecule has 0 bridgehead atoms. The Kier molecular flexibility index (Phi) is 5.65. The zero-order valence-electron chi connectivity index (χ0n) is 10.9. The first-order chi connectivity index (χ1) is 8.47. The van der Waals surface area contributed by atoms with Gasteiger partial charge in [-0.3, -0.25) is 4.79 Å². The highest BCUT2D eigenvalue weighted by molar-refractivity contribution is 5.67. The molecule has 4 heteroatoms. The molecule has 0 heterocycles. The lowest BCUT2D eigenvalue weighted by molar-refractivity contribution is -0.137. The van der Waals surface area contributed by atoms with E-state index >= 15 is 0 Å². The average Bonchev–Trinajstić information content (AvgIpc) is 2.26. The molecule has 0 saturated carbocycles. The molecule has 3 N–H and O–H groups in total. The first-order valence-corrected chi connectivity index (χ1v) is 6.16. The van der Waals surface area contributed by atoms with Gasteiger partial charge in [0.15, 0.2) is 0 Å². The molecule has 0 aliphatic heterocycles. The number of carbonyl (C=O) groups is 1. The van der Waals surface area contributed by atoms with Crippen molar-refractivity contribution in [2.45, 2.75) is 32.7 Å². The van der Waals surface area contributed by atoms with E-state index in [1.807, 2.05) is 24.3 Å². The Balaban J connectivity index is 2.47. The number of ether oxygens (including phenoxy) is 1. The van der Waals surface area contributed by atoms with Crippen LogP contribution in [0.1, 0.15) is 25.8 Å². The normalized spacial score (nSPS) is 12.4. The van der Waals surface area contributed by atoms with Gasteiger partial charge in [0.05, 0.1) is 13.0 Å². The minimum absolute atomic E-state index is 0.00833. The van der Waals surface area contributed by atoms with Crippen LogP contribution in [0.25, 0.3) is 0 Å². The van der Waals surface area contributed by atoms with Crippen LogP contribution in [0, 0.1) is 5.92 Å². The summed E-state index contributed by atoms with van der Waals surface area (Å²) >= 11 is 0. The maximum Gasteiger partial charge on any atom is 0.304 e. The fourth-order valence-electron chi connectivity index (χ4n) is 1.58. The Morgan fingerprint density at radius 2 is 1.94 bits per heavy atom. The van der Waals surface area contributed by atoms with E-state index in [-0.39, 0.29) is 12.5 Å². The summed E-state index contributed by atoms with van der Waals surface area (Å²) in [6, 6.07) is 7.30. The number of aliphatic carboxylic acids is 1. The van der Waals surface area contributed by atoms with Gasteiger partial charge < -0.3 is 15.6 Å². The van der Waals surface area contributed by atoms with Crippen molar-refractivity contribution in [3.8, 4) is 5.75 Å². The minimum atomic E-state index is -0.862. The van der Waals surface area contributed by atoms with E-state index in [0.29, 0.717) is 18.9 Å². The summed E-state index contributed by atoms with van der Waals surface area (Å²) in [4.78, 5) is 10.5. The van der Waals surface area contributed by atoms with Gasteiger partial charge in [0.2, 0.25) is 0 Å². The van der Waals surface area contributed by atoms with Crippen LogP contribution in [-0.2, 0) is 11.2 Å². The summed E-state index contributed by atoms with van der Waals surface area (Å²) in [5, 5.41) is 8.63. The van der Waals surface area contributed by atoms with Crippen molar-refractivity contribution in [3.05, 3.63) is 29.8 Å². The van der Waals surface area contributed by atoms with Gasteiger partial charge in [-0.25, -0.2) is 0 Å². The maximum atomic E-state index is 10.5. The molecule has 1 atom stereocenters. The van der Waals surface area contributed by atoms with Crippen molar-refractivity contribution < 1.29 is 14.6 Å². The van der Waals surface area contributed by atoms with Crippen molar-refractivity contribution in [1.29, 1.82) is 0 Å². The van der Waals surface area contributed by atoms with Crippen LogP contribution in [0.5, 0.6) is 5.75 Å². The number of benzene rings is 1. The van der Waals surface area contributed by atoms with Gasteiger partial charge in [-0.2, -0.15) is 0 Å². The van der Waals surface area contributed by atoms with Crippen molar-refractivity contribution in [3.63, 3.8) is 0 Å². The Labute approximate surface area is 108 Å². The zero-order chi connectivity index (χ0) is 13.5. The van der Waals surface area contributed by atoms with Gasteiger partial charge in [-0.1, -0.05) is 26.0 Å². The fraction of sp³-hybridized carbons (Fsp3) is 0.500. The fourth-order valence-corrected chi connectivity index (χ4v) is 1.58. The molecule has 0 unspecified atom stereocenters. The van der Waals surface area contributed by atoms with Crippen molar-refractivity contribution in [2.24, 2.45) is 11.7 Å². The van der Waals surface area contributed by atoms with Crippen LogP contribution in [0.4, 0.5) is 0 Å². The molecule has 0 saturated heterocycles. The van der Waals surface area contributed by atoms with E-state index in [2.05, 4.69) is 13.8 Å². The van der Waals surface area contributed by atoms with E-state index in [4.69, 9.17) is 15.6 Å². The summed E-state index contributed by atoms with van der Waals surface area (Å²) in [7, 11) is 0. The quantitative estimate of drug-likeness (QED) is 0.778. The molecule has 0 amide bonds. The van der Waals surface area contributed by atoms with Crippen molar-refractivity contribution in [1.82, 2.24) is 0 Å². The maximum absolute atomic E-state index is 10.5. The van der Waals surface area contributed by atoms with Crippen molar-refractivity contribution in [2.75, 3.05) is 6.61 Å². The molecule has 0 fully saturated rings. The minimum Gasteiger partial charge on any atom is -0.493 e. The van der Waals surface area contributed by atoms with Gasteiger partial charge in [-0.15, -0.1) is 0 Å². The molecule has 0 aliphatic carbocycles. The lowest BCUT2D eigenvalue weighted by Gasteiger charge is -2.11. The standard InChI is InChI=1S/C14H21NO3/c1-10(2)9-18-13-5-3-11(4-6-13)7-12(15)8-14(16)17/h3-6,10,12H,7-9,15H2,1-2H3,(H,16,17)/t12-/m0/s1. The monoisotopic (exact) mass is 251 g/mol. The van der Waals surface area contributed by atoms with E-state index in [9.17, 15) is 4.79 Å². The third kappa shape index (κ3) is 5.68. The van der Waals surface area contributed by atoms with Crippen LogP contribution in [0.2, 0.25) is 0 Å². The van der Waals surface area contributed by atoms with Gasteiger partial charge in [0.1, 0.15) is 5.75 Å². The largest absolute Gasteiger partial charge is 0.493 e. The molecule has 4 nitrogen and oxygen atoms in total. The molecule has 1 aromatic rings. The summed E-state index contributed by atoms with van der Waals surface area (Å²) in [6.45, 7) is 4.89. The van der Waals surface area contributed by atoms with Gasteiger partial charge in [0, 0.05) is 6.04 Å². The molecule has 18 heavy (non-hydrogen) atoms. The van der Waals surface area contributed by atoms with Gasteiger partial charge in [-0.05, 0) is 30.0 Å². The van der Waals surface area contributed by atoms with E-state index in [0.717, 1.165) is 11.3 Å². The number of carboxylic acid groups (broad SMARTS) is 1. The van der Waals surface area contributed by atoms with E-state index < -0.39 is 5.97 Å². The van der Waals surface area contributed by atoms with Crippen molar-refractivity contribution >= 4 is 5.97 Å². The molecule has 0 radical (unpaired) electrons. The number of nitrogens with two attached hydrogens (primary N) is 1. The van der Waals surface area contributed by atoms with Crippen LogP contribution >= 0.6 is 0 Å². The van der Waals surface area contributed by atoms with Crippen LogP contribution in [0.3, 0.4) is 0 Å². The Hall–Kier alpha value is -1.55. The van der Waals surface area contributed by atoms with Gasteiger partial charge >= 0.3 is 5.97 Å². The predicted octanol–water partition coefficient (Wildman–Crippen LogP) is 2.07. The Bertz CT molecular complexity index is 373. The first-order valence-electron chi connectivity index (χ1n) is 6.16. The number of carboxylic acids is 1. The number of rotatable bonds is 7. The van der Waals surface area contributed by atoms with Gasteiger partial charge in [0.25, 0.3) is 0 Å². The third-order valence-electron chi connectivity index (χ3n) is 2.44. The lowest BCUT2D eigenvalue weighted by Crippen LogP contribution is -2.26. The molecule has 1 rings (SSSR count). The summed E-state index contributed by atoms with van der Waals surface area (Å²) in [5.41, 5.74) is 6.76. The van der Waals surface area contributed by atoms with Crippen LogP contribution in [-0.4, -0.2) is 23.7 Å². The highest BCUT2D eigenvalue weighted by Gasteiger charge is 2.08. The second kappa shape index (κ2) is 7.01. The molecular formula is C14H21NO3. The van der Waals surface area contributed by atoms with Crippen LogP contribution in [0.15, 0.2) is 24.3 Å². The highest BCUT2D eigenvalue weighted by atomic mass is 16.5. The second-order valence-electron chi connectivity index (χ2n) is 4.91. The van der Waals surface area contributed by atoms with E-state index in [1.165, 1.54) is 0 Å². The molecule has 1 aromatic carbocycles. The molecule has 0 aromatic heterocycles. The van der Waals surface area contributed by atoms with E-state index in [1.54, 1.807) is 0 Å². The lowest BCUT2D eigenvalue weighted by atomic mass is 10.0. The number of hydrogen-bond donors (Lipinski definition) is 2. The first kappa shape index (κ1) is 14.5. The highest BCUT2D eigenvalue weighted by Crippen LogP contribution is 2.14. The smallest absolute Gasteiger partial charge is 0.304 e.